The molecule has 98 valence electrons. The summed E-state index contributed by atoms with van der Waals surface area (Å²) in [5.74, 6) is -1.59. The van der Waals surface area contributed by atoms with Gasteiger partial charge in [0, 0.05) is 24.0 Å². The van der Waals surface area contributed by atoms with Crippen molar-refractivity contribution in [2.24, 2.45) is 5.92 Å². The van der Waals surface area contributed by atoms with Gasteiger partial charge in [0.2, 0.25) is 5.91 Å². The van der Waals surface area contributed by atoms with Gasteiger partial charge in [0.25, 0.3) is 0 Å². The van der Waals surface area contributed by atoms with Crippen molar-refractivity contribution in [3.8, 4) is 0 Å². The largest absolute Gasteiger partial charge is 0.481 e. The van der Waals surface area contributed by atoms with Crippen LogP contribution >= 0.6 is 11.3 Å². The molecule has 1 amide bonds. The van der Waals surface area contributed by atoms with Crippen LogP contribution in [0.5, 0.6) is 0 Å². The number of rotatable bonds is 6. The summed E-state index contributed by atoms with van der Waals surface area (Å²) in [5.41, 5.74) is 0. The standard InChI is InChI=1S/C13H17NO3S/c1-3-14(9-10(2)13(16)17)12(15)7-6-11-5-4-8-18-11/h4-8,10H,3,9H2,1-2H3,(H,16,17). The van der Waals surface area contributed by atoms with Crippen molar-refractivity contribution in [3.05, 3.63) is 28.5 Å². The zero-order valence-electron chi connectivity index (χ0n) is 10.5. The van der Waals surface area contributed by atoms with E-state index in [-0.39, 0.29) is 12.5 Å². The van der Waals surface area contributed by atoms with E-state index in [1.807, 2.05) is 24.4 Å². The van der Waals surface area contributed by atoms with Gasteiger partial charge in [-0.15, -0.1) is 11.3 Å². The van der Waals surface area contributed by atoms with Crippen LogP contribution < -0.4 is 0 Å². The van der Waals surface area contributed by atoms with Crippen LogP contribution in [0.1, 0.15) is 18.7 Å². The lowest BCUT2D eigenvalue weighted by Crippen LogP contribution is -2.35. The first-order chi connectivity index (χ1) is 8.54. The molecule has 4 nitrogen and oxygen atoms in total. The number of aliphatic carboxylic acids is 1. The third kappa shape index (κ3) is 4.33. The molecule has 1 heterocycles. The molecule has 0 aliphatic rings. The normalized spacial score (nSPS) is 12.6. The van der Waals surface area contributed by atoms with Gasteiger partial charge in [0.15, 0.2) is 0 Å². The molecular formula is C13H17NO3S. The highest BCUT2D eigenvalue weighted by Crippen LogP contribution is 2.11. The number of hydrogen-bond donors (Lipinski definition) is 1. The molecule has 1 aromatic heterocycles. The minimum atomic E-state index is -0.886. The van der Waals surface area contributed by atoms with Crippen molar-refractivity contribution in [2.75, 3.05) is 13.1 Å². The van der Waals surface area contributed by atoms with Gasteiger partial charge in [-0.05, 0) is 24.4 Å². The van der Waals surface area contributed by atoms with Crippen molar-refractivity contribution >= 4 is 29.3 Å². The Morgan fingerprint density at radius 3 is 2.78 bits per heavy atom. The minimum Gasteiger partial charge on any atom is -0.481 e. The molecule has 1 rings (SSSR count). The molecule has 0 radical (unpaired) electrons. The van der Waals surface area contributed by atoms with Gasteiger partial charge in [-0.1, -0.05) is 13.0 Å². The fourth-order valence-electron chi connectivity index (χ4n) is 1.43. The Hall–Kier alpha value is -1.62. The number of likely N-dealkylation sites (N-methyl/N-ethyl adjacent to an activating group) is 1. The average molecular weight is 267 g/mol. The number of amides is 1. The van der Waals surface area contributed by atoms with Crippen molar-refractivity contribution in [2.45, 2.75) is 13.8 Å². The number of carbonyl (C=O) groups excluding carboxylic acids is 1. The molecule has 1 aromatic rings. The van der Waals surface area contributed by atoms with E-state index in [0.29, 0.717) is 6.54 Å². The van der Waals surface area contributed by atoms with Gasteiger partial charge in [0.1, 0.15) is 0 Å². The van der Waals surface area contributed by atoms with E-state index in [9.17, 15) is 9.59 Å². The van der Waals surface area contributed by atoms with E-state index >= 15 is 0 Å². The molecule has 1 atom stereocenters. The maximum atomic E-state index is 11.9. The predicted molar refractivity (Wildman–Crippen MR) is 72.4 cm³/mol. The second kappa shape index (κ2) is 6.96. The molecule has 0 spiro atoms. The Labute approximate surface area is 111 Å². The van der Waals surface area contributed by atoms with Crippen molar-refractivity contribution < 1.29 is 14.7 Å². The van der Waals surface area contributed by atoms with Crippen LogP contribution in [0.4, 0.5) is 0 Å². The first-order valence-electron chi connectivity index (χ1n) is 5.78. The highest BCUT2D eigenvalue weighted by atomic mass is 32.1. The molecule has 0 saturated heterocycles. The molecule has 0 bridgehead atoms. The van der Waals surface area contributed by atoms with Crippen LogP contribution in [0, 0.1) is 5.92 Å². The Bertz CT molecular complexity index is 425. The van der Waals surface area contributed by atoms with Crippen LogP contribution in [0.25, 0.3) is 6.08 Å². The zero-order chi connectivity index (χ0) is 13.5. The number of carbonyl (C=O) groups is 2. The summed E-state index contributed by atoms with van der Waals surface area (Å²) < 4.78 is 0. The highest BCUT2D eigenvalue weighted by Gasteiger charge is 2.17. The minimum absolute atomic E-state index is 0.154. The summed E-state index contributed by atoms with van der Waals surface area (Å²) in [6.45, 7) is 4.18. The summed E-state index contributed by atoms with van der Waals surface area (Å²) in [7, 11) is 0. The van der Waals surface area contributed by atoms with Crippen molar-refractivity contribution in [3.63, 3.8) is 0 Å². The Kier molecular flexibility index (Phi) is 5.58. The summed E-state index contributed by atoms with van der Waals surface area (Å²) in [5, 5.41) is 10.8. The van der Waals surface area contributed by atoms with Crippen LogP contribution in [0.15, 0.2) is 23.6 Å². The molecule has 5 heteroatoms. The van der Waals surface area contributed by atoms with Gasteiger partial charge in [-0.2, -0.15) is 0 Å². The number of thiophene rings is 1. The quantitative estimate of drug-likeness (QED) is 0.805. The Balaban J connectivity index is 2.59. The molecule has 1 unspecified atom stereocenters. The van der Waals surface area contributed by atoms with Gasteiger partial charge >= 0.3 is 5.97 Å². The van der Waals surface area contributed by atoms with E-state index in [0.717, 1.165) is 4.88 Å². The maximum absolute atomic E-state index is 11.9. The highest BCUT2D eigenvalue weighted by molar-refractivity contribution is 7.10. The van der Waals surface area contributed by atoms with Gasteiger partial charge in [-0.25, -0.2) is 0 Å². The molecule has 0 fully saturated rings. The van der Waals surface area contributed by atoms with Gasteiger partial charge in [-0.3, -0.25) is 9.59 Å². The first-order valence-corrected chi connectivity index (χ1v) is 6.65. The maximum Gasteiger partial charge on any atom is 0.308 e. The molecule has 0 saturated carbocycles. The van der Waals surface area contributed by atoms with E-state index < -0.39 is 11.9 Å². The number of carboxylic acid groups (broad SMARTS) is 1. The van der Waals surface area contributed by atoms with Crippen LogP contribution in [0.3, 0.4) is 0 Å². The van der Waals surface area contributed by atoms with Gasteiger partial charge < -0.3 is 10.0 Å². The Morgan fingerprint density at radius 1 is 1.56 bits per heavy atom. The van der Waals surface area contributed by atoms with Crippen molar-refractivity contribution in [1.29, 1.82) is 0 Å². The fourth-order valence-corrected chi connectivity index (χ4v) is 2.05. The lowest BCUT2D eigenvalue weighted by Gasteiger charge is -2.21. The number of carboxylic acids is 1. The van der Waals surface area contributed by atoms with E-state index in [1.54, 1.807) is 24.3 Å². The smallest absolute Gasteiger partial charge is 0.308 e. The summed E-state index contributed by atoms with van der Waals surface area (Å²) >= 11 is 1.55. The number of nitrogens with zero attached hydrogens (tertiary/aromatic N) is 1. The molecule has 0 aliphatic carbocycles. The van der Waals surface area contributed by atoms with Crippen LogP contribution in [-0.4, -0.2) is 35.0 Å². The van der Waals surface area contributed by atoms with E-state index in [4.69, 9.17) is 5.11 Å². The Morgan fingerprint density at radius 2 is 2.28 bits per heavy atom. The third-order valence-electron chi connectivity index (χ3n) is 2.54. The van der Waals surface area contributed by atoms with E-state index in [2.05, 4.69) is 0 Å². The summed E-state index contributed by atoms with van der Waals surface area (Å²) in [6.07, 6.45) is 3.24. The first kappa shape index (κ1) is 14.4. The van der Waals surface area contributed by atoms with E-state index in [1.165, 1.54) is 11.0 Å². The molecule has 0 aromatic carbocycles. The van der Waals surface area contributed by atoms with Crippen molar-refractivity contribution in [1.82, 2.24) is 4.90 Å². The molecular weight excluding hydrogens is 250 g/mol. The lowest BCUT2D eigenvalue weighted by molar-refractivity contribution is -0.142. The monoisotopic (exact) mass is 267 g/mol. The topological polar surface area (TPSA) is 57.6 Å². The predicted octanol–water partition coefficient (Wildman–Crippen LogP) is 2.33. The second-order valence-corrected chi connectivity index (χ2v) is 4.94. The summed E-state index contributed by atoms with van der Waals surface area (Å²) in [4.78, 5) is 25.2. The lowest BCUT2D eigenvalue weighted by atomic mass is 10.1. The fraction of sp³-hybridized carbons (Fsp3) is 0.385. The van der Waals surface area contributed by atoms with Crippen LogP contribution in [0.2, 0.25) is 0 Å². The average Bonchev–Trinajstić information content (AvgIpc) is 2.85. The SMILES string of the molecule is CCN(CC(C)C(=O)O)C(=O)C=Cc1cccs1. The van der Waals surface area contributed by atoms with Crippen LogP contribution in [-0.2, 0) is 9.59 Å². The summed E-state index contributed by atoms with van der Waals surface area (Å²) in [6, 6.07) is 3.84. The molecule has 18 heavy (non-hydrogen) atoms. The van der Waals surface area contributed by atoms with Gasteiger partial charge in [0.05, 0.1) is 5.92 Å². The molecule has 1 N–H and O–H groups in total. The molecule has 0 aliphatic heterocycles. The zero-order valence-corrected chi connectivity index (χ0v) is 11.3. The number of hydrogen-bond acceptors (Lipinski definition) is 3. The third-order valence-corrected chi connectivity index (χ3v) is 3.38. The second-order valence-electron chi connectivity index (χ2n) is 3.96.